The summed E-state index contributed by atoms with van der Waals surface area (Å²) in [5.74, 6) is 0. The Morgan fingerprint density at radius 3 is 2.50 bits per heavy atom. The summed E-state index contributed by atoms with van der Waals surface area (Å²) in [5.41, 5.74) is 7.23. The lowest BCUT2D eigenvalue weighted by Gasteiger charge is -2.10. The average Bonchev–Trinajstić information content (AvgIpc) is 2.61. The molecule has 1 aromatic carbocycles. The Morgan fingerprint density at radius 2 is 1.95 bits per heavy atom. The van der Waals surface area contributed by atoms with E-state index in [-0.39, 0.29) is 10.6 Å². The van der Waals surface area contributed by atoms with Crippen LogP contribution in [0.25, 0.3) is 0 Å². The van der Waals surface area contributed by atoms with Gasteiger partial charge in [0.15, 0.2) is 5.13 Å². The highest BCUT2D eigenvalue weighted by Gasteiger charge is 2.20. The number of nitrogen functional groups attached to an aromatic ring is 1. The SMILES string of the molecule is Cc1cc(Cl)c(N)cc1S(=O)(=O)Nc1nc(C)c(C)s1. The van der Waals surface area contributed by atoms with Crippen molar-refractivity contribution in [3.05, 3.63) is 33.3 Å². The minimum absolute atomic E-state index is 0.102. The van der Waals surface area contributed by atoms with Gasteiger partial charge in [0.05, 0.1) is 21.3 Å². The number of hydrogen-bond acceptors (Lipinski definition) is 5. The lowest BCUT2D eigenvalue weighted by molar-refractivity contribution is 0.600. The largest absolute Gasteiger partial charge is 0.397 e. The van der Waals surface area contributed by atoms with Crippen molar-refractivity contribution in [1.82, 2.24) is 4.98 Å². The highest BCUT2D eigenvalue weighted by atomic mass is 35.5. The highest BCUT2D eigenvalue weighted by molar-refractivity contribution is 7.93. The van der Waals surface area contributed by atoms with E-state index in [0.717, 1.165) is 10.6 Å². The third kappa shape index (κ3) is 2.89. The minimum Gasteiger partial charge on any atom is -0.397 e. The van der Waals surface area contributed by atoms with E-state index >= 15 is 0 Å². The Hall–Kier alpha value is -1.31. The Kier molecular flexibility index (Phi) is 3.95. The molecular weight excluding hydrogens is 318 g/mol. The zero-order valence-corrected chi connectivity index (χ0v) is 13.6. The molecule has 20 heavy (non-hydrogen) atoms. The van der Waals surface area contributed by atoms with Crippen LogP contribution in [0.2, 0.25) is 5.02 Å². The summed E-state index contributed by atoms with van der Waals surface area (Å²) in [5, 5.41) is 0.676. The van der Waals surface area contributed by atoms with Gasteiger partial charge in [0.2, 0.25) is 0 Å². The van der Waals surface area contributed by atoms with Gasteiger partial charge in [-0.25, -0.2) is 13.4 Å². The molecule has 0 unspecified atom stereocenters. The number of nitrogens with one attached hydrogen (secondary N) is 1. The van der Waals surface area contributed by atoms with Crippen molar-refractivity contribution in [3.8, 4) is 0 Å². The molecule has 0 aliphatic rings. The number of hydrogen-bond donors (Lipinski definition) is 2. The van der Waals surface area contributed by atoms with Crippen molar-refractivity contribution in [3.63, 3.8) is 0 Å². The smallest absolute Gasteiger partial charge is 0.264 e. The third-order valence-electron chi connectivity index (χ3n) is 2.83. The van der Waals surface area contributed by atoms with Crippen molar-refractivity contribution in [2.24, 2.45) is 0 Å². The first-order valence-electron chi connectivity index (χ1n) is 5.73. The second-order valence-electron chi connectivity index (χ2n) is 4.41. The number of thiazole rings is 1. The topological polar surface area (TPSA) is 85.1 Å². The minimum atomic E-state index is -3.73. The maximum Gasteiger partial charge on any atom is 0.264 e. The van der Waals surface area contributed by atoms with E-state index < -0.39 is 10.0 Å². The first-order valence-corrected chi connectivity index (χ1v) is 8.41. The van der Waals surface area contributed by atoms with Crippen molar-refractivity contribution in [2.45, 2.75) is 25.7 Å². The van der Waals surface area contributed by atoms with E-state index in [2.05, 4.69) is 9.71 Å². The van der Waals surface area contributed by atoms with Crippen molar-refractivity contribution < 1.29 is 8.42 Å². The molecule has 0 saturated carbocycles. The van der Waals surface area contributed by atoms with Crippen LogP contribution in [0.5, 0.6) is 0 Å². The van der Waals surface area contributed by atoms with Crippen LogP contribution in [0.15, 0.2) is 17.0 Å². The molecule has 2 aromatic rings. The number of aromatic nitrogens is 1. The van der Waals surface area contributed by atoms with Crippen LogP contribution >= 0.6 is 22.9 Å². The zero-order chi connectivity index (χ0) is 15.1. The number of sulfonamides is 1. The Labute approximate surface area is 126 Å². The van der Waals surface area contributed by atoms with Gasteiger partial charge < -0.3 is 5.73 Å². The molecule has 8 heteroatoms. The molecule has 0 fully saturated rings. The average molecular weight is 332 g/mol. The van der Waals surface area contributed by atoms with Gasteiger partial charge in [0.25, 0.3) is 10.0 Å². The molecular formula is C12H14ClN3O2S2. The molecule has 0 radical (unpaired) electrons. The van der Waals surface area contributed by atoms with Gasteiger partial charge in [-0.15, -0.1) is 11.3 Å². The summed E-state index contributed by atoms with van der Waals surface area (Å²) >= 11 is 7.16. The summed E-state index contributed by atoms with van der Waals surface area (Å²) in [4.78, 5) is 5.23. The van der Waals surface area contributed by atoms with Gasteiger partial charge in [0.1, 0.15) is 0 Å². The number of rotatable bonds is 3. The summed E-state index contributed by atoms with van der Waals surface area (Å²) in [6.45, 7) is 5.38. The Morgan fingerprint density at radius 1 is 1.30 bits per heavy atom. The van der Waals surface area contributed by atoms with Crippen LogP contribution in [-0.2, 0) is 10.0 Å². The first-order chi connectivity index (χ1) is 9.20. The van der Waals surface area contributed by atoms with Crippen LogP contribution in [0.4, 0.5) is 10.8 Å². The number of benzene rings is 1. The second-order valence-corrected chi connectivity index (χ2v) is 7.67. The fraction of sp³-hybridized carbons (Fsp3) is 0.250. The molecule has 3 N–H and O–H groups in total. The lowest BCUT2D eigenvalue weighted by atomic mass is 10.2. The van der Waals surface area contributed by atoms with E-state index in [0.29, 0.717) is 15.7 Å². The Bertz CT molecular complexity index is 750. The van der Waals surface area contributed by atoms with E-state index in [1.54, 1.807) is 6.92 Å². The van der Waals surface area contributed by atoms with Gasteiger partial charge in [-0.2, -0.15) is 0 Å². The maximum absolute atomic E-state index is 12.4. The first kappa shape index (κ1) is 15.1. The third-order valence-corrected chi connectivity index (χ3v) is 5.76. The monoisotopic (exact) mass is 331 g/mol. The Balaban J connectivity index is 2.43. The van der Waals surface area contributed by atoms with Crippen LogP contribution < -0.4 is 10.5 Å². The van der Waals surface area contributed by atoms with Gasteiger partial charge in [-0.1, -0.05) is 11.6 Å². The van der Waals surface area contributed by atoms with Gasteiger partial charge >= 0.3 is 0 Å². The molecule has 0 amide bonds. The molecule has 0 saturated heterocycles. The number of aryl methyl sites for hydroxylation is 3. The van der Waals surface area contributed by atoms with Crippen LogP contribution in [0.3, 0.4) is 0 Å². The van der Waals surface area contributed by atoms with E-state index in [1.165, 1.54) is 23.5 Å². The molecule has 2 rings (SSSR count). The fourth-order valence-electron chi connectivity index (χ4n) is 1.64. The van der Waals surface area contributed by atoms with Crippen LogP contribution in [0, 0.1) is 20.8 Å². The van der Waals surface area contributed by atoms with E-state index in [9.17, 15) is 8.42 Å². The second kappa shape index (κ2) is 5.23. The normalized spacial score (nSPS) is 11.6. The van der Waals surface area contributed by atoms with Gasteiger partial charge in [-0.05, 0) is 38.5 Å². The molecule has 108 valence electrons. The summed E-state index contributed by atoms with van der Waals surface area (Å²) in [7, 11) is -3.73. The van der Waals surface area contributed by atoms with Crippen molar-refractivity contribution >= 4 is 43.8 Å². The van der Waals surface area contributed by atoms with Crippen LogP contribution in [0.1, 0.15) is 16.1 Å². The molecule has 1 aromatic heterocycles. The van der Waals surface area contributed by atoms with Gasteiger partial charge in [-0.3, -0.25) is 4.72 Å². The zero-order valence-electron chi connectivity index (χ0n) is 11.2. The molecule has 1 heterocycles. The van der Waals surface area contributed by atoms with Crippen LogP contribution in [-0.4, -0.2) is 13.4 Å². The quantitative estimate of drug-likeness (QED) is 0.846. The predicted octanol–water partition coefficient (Wildman–Crippen LogP) is 3.10. The predicted molar refractivity (Wildman–Crippen MR) is 83.0 cm³/mol. The lowest BCUT2D eigenvalue weighted by Crippen LogP contribution is -2.14. The number of anilines is 2. The molecule has 0 atom stereocenters. The molecule has 0 aliphatic heterocycles. The van der Waals surface area contributed by atoms with Crippen molar-refractivity contribution in [1.29, 1.82) is 0 Å². The van der Waals surface area contributed by atoms with E-state index in [4.69, 9.17) is 17.3 Å². The number of nitrogens with zero attached hydrogens (tertiary/aromatic N) is 1. The maximum atomic E-state index is 12.4. The molecule has 0 aliphatic carbocycles. The summed E-state index contributed by atoms with van der Waals surface area (Å²) in [6, 6.07) is 2.89. The number of halogens is 1. The standard InChI is InChI=1S/C12H14ClN3O2S2/c1-6-4-9(13)10(14)5-11(6)20(17,18)16-12-15-7(2)8(3)19-12/h4-5H,14H2,1-3H3,(H,15,16). The highest BCUT2D eigenvalue weighted by Crippen LogP contribution is 2.29. The molecule has 0 bridgehead atoms. The van der Waals surface area contributed by atoms with Gasteiger partial charge in [0, 0.05) is 4.88 Å². The number of nitrogens with two attached hydrogens (primary N) is 1. The molecule has 0 spiro atoms. The molecule has 5 nitrogen and oxygen atoms in total. The summed E-state index contributed by atoms with van der Waals surface area (Å²) < 4.78 is 27.2. The van der Waals surface area contributed by atoms with Crippen molar-refractivity contribution in [2.75, 3.05) is 10.5 Å². The van der Waals surface area contributed by atoms with E-state index in [1.807, 2.05) is 13.8 Å². The summed E-state index contributed by atoms with van der Waals surface area (Å²) in [6.07, 6.45) is 0. The fourth-order valence-corrected chi connectivity index (χ4v) is 4.17.